The summed E-state index contributed by atoms with van der Waals surface area (Å²) in [6.45, 7) is 6.40. The summed E-state index contributed by atoms with van der Waals surface area (Å²) in [4.78, 5) is 14.5. The van der Waals surface area contributed by atoms with Crippen LogP contribution >= 0.6 is 0 Å². The van der Waals surface area contributed by atoms with Gasteiger partial charge in [-0.3, -0.25) is 4.90 Å². The zero-order valence-electron chi connectivity index (χ0n) is 28.2. The Morgan fingerprint density at radius 1 is 0.780 bits per heavy atom. The standard InChI is InChI=1S/C43H44N2O5/c1-2-25-48-43(47)44-27-38-15-9-10-16-40(38)35-21-23-37(24-22-35)42-49-39(26-41(50-42)36-19-17-34(31-46)18-20-36)30-45(28-32-11-5-3-6-12-32)29-33-13-7-4-8-14-33/h2-24,39,41-42,46H,1,25-31H2,(H,44,47)/t39-,41+,42+/m1/s1. The van der Waals surface area contributed by atoms with Crippen LogP contribution in [0.1, 0.15) is 52.2 Å². The van der Waals surface area contributed by atoms with Crippen LogP contribution in [0.4, 0.5) is 4.79 Å². The largest absolute Gasteiger partial charge is 0.445 e. The normalized spacial score (nSPS) is 17.3. The fourth-order valence-electron chi connectivity index (χ4n) is 6.32. The van der Waals surface area contributed by atoms with Crippen molar-refractivity contribution in [3.63, 3.8) is 0 Å². The van der Waals surface area contributed by atoms with E-state index < -0.39 is 12.4 Å². The summed E-state index contributed by atoms with van der Waals surface area (Å²) in [5.74, 6) is 0. The molecule has 5 aromatic carbocycles. The Labute approximate surface area is 294 Å². The fourth-order valence-corrected chi connectivity index (χ4v) is 6.32. The van der Waals surface area contributed by atoms with Crippen LogP contribution in [-0.4, -0.2) is 35.4 Å². The molecule has 0 unspecified atom stereocenters. The third-order valence-corrected chi connectivity index (χ3v) is 8.84. The van der Waals surface area contributed by atoms with E-state index >= 15 is 0 Å². The molecule has 7 heteroatoms. The Morgan fingerprint density at radius 3 is 2.04 bits per heavy atom. The quantitative estimate of drug-likeness (QED) is 0.116. The van der Waals surface area contributed by atoms with Crippen LogP contribution in [0.25, 0.3) is 11.1 Å². The van der Waals surface area contributed by atoms with E-state index in [2.05, 4.69) is 89.6 Å². The Morgan fingerprint density at radius 2 is 1.40 bits per heavy atom. The summed E-state index contributed by atoms with van der Waals surface area (Å²) in [6, 6.07) is 45.4. The highest BCUT2D eigenvalue weighted by Gasteiger charge is 2.33. The van der Waals surface area contributed by atoms with Gasteiger partial charge in [-0.15, -0.1) is 0 Å². The lowest BCUT2D eigenvalue weighted by atomic mass is 9.97. The summed E-state index contributed by atoms with van der Waals surface area (Å²) in [5, 5.41) is 12.5. The van der Waals surface area contributed by atoms with Crippen molar-refractivity contribution >= 4 is 6.09 Å². The van der Waals surface area contributed by atoms with E-state index in [1.165, 1.54) is 17.2 Å². The molecule has 7 nitrogen and oxygen atoms in total. The molecule has 0 radical (unpaired) electrons. The van der Waals surface area contributed by atoms with Gasteiger partial charge in [0.05, 0.1) is 18.8 Å². The first kappa shape index (κ1) is 34.8. The van der Waals surface area contributed by atoms with Gasteiger partial charge >= 0.3 is 6.09 Å². The van der Waals surface area contributed by atoms with Crippen LogP contribution in [0.2, 0.25) is 0 Å². The number of ether oxygens (including phenoxy) is 3. The lowest BCUT2D eigenvalue weighted by Crippen LogP contribution is -2.39. The maximum absolute atomic E-state index is 12.1. The molecule has 1 saturated heterocycles. The molecule has 1 fully saturated rings. The van der Waals surface area contributed by atoms with Crippen LogP contribution in [0.5, 0.6) is 0 Å². The van der Waals surface area contributed by atoms with E-state index in [0.29, 0.717) is 13.0 Å². The molecule has 1 heterocycles. The average Bonchev–Trinajstić information content (AvgIpc) is 3.17. The first-order valence-electron chi connectivity index (χ1n) is 17.1. The Kier molecular flexibility index (Phi) is 12.2. The highest BCUT2D eigenvalue weighted by molar-refractivity contribution is 5.70. The number of hydrogen-bond donors (Lipinski definition) is 2. The van der Waals surface area contributed by atoms with Crippen molar-refractivity contribution in [1.29, 1.82) is 0 Å². The number of carbonyl (C=O) groups excluding carboxylic acids is 1. The molecule has 1 aliphatic rings. The maximum Gasteiger partial charge on any atom is 0.407 e. The van der Waals surface area contributed by atoms with E-state index in [0.717, 1.165) is 53.0 Å². The highest BCUT2D eigenvalue weighted by atomic mass is 16.7. The molecule has 1 aliphatic heterocycles. The molecule has 0 spiro atoms. The Hall–Kier alpha value is -5.05. The van der Waals surface area contributed by atoms with Gasteiger partial charge in [0.1, 0.15) is 6.61 Å². The van der Waals surface area contributed by atoms with Gasteiger partial charge in [0, 0.05) is 38.2 Å². The number of carbonyl (C=O) groups is 1. The van der Waals surface area contributed by atoms with E-state index in [-0.39, 0.29) is 25.4 Å². The number of alkyl carbamates (subject to hydrolysis) is 1. The molecule has 5 aromatic rings. The minimum Gasteiger partial charge on any atom is -0.445 e. The number of nitrogens with zero attached hydrogens (tertiary/aromatic N) is 1. The molecule has 0 saturated carbocycles. The second-order valence-corrected chi connectivity index (χ2v) is 12.5. The van der Waals surface area contributed by atoms with Gasteiger partial charge < -0.3 is 24.6 Å². The molecule has 1 amide bonds. The molecule has 6 rings (SSSR count). The average molecular weight is 669 g/mol. The van der Waals surface area contributed by atoms with Gasteiger partial charge in [-0.05, 0) is 38.9 Å². The lowest BCUT2D eigenvalue weighted by molar-refractivity contribution is -0.253. The molecule has 0 bridgehead atoms. The van der Waals surface area contributed by atoms with E-state index in [4.69, 9.17) is 14.2 Å². The molecule has 2 N–H and O–H groups in total. The Bertz CT molecular complexity index is 1750. The molecular weight excluding hydrogens is 624 g/mol. The summed E-state index contributed by atoms with van der Waals surface area (Å²) >= 11 is 0. The first-order chi connectivity index (χ1) is 24.6. The fraction of sp³-hybridized carbons (Fsp3) is 0.233. The van der Waals surface area contributed by atoms with Crippen molar-refractivity contribution in [1.82, 2.24) is 10.2 Å². The monoisotopic (exact) mass is 668 g/mol. The minimum absolute atomic E-state index is 0.000959. The van der Waals surface area contributed by atoms with E-state index in [1.807, 2.05) is 60.7 Å². The zero-order chi connectivity index (χ0) is 34.5. The third kappa shape index (κ3) is 9.55. The molecule has 0 aliphatic carbocycles. The van der Waals surface area contributed by atoms with E-state index in [1.54, 1.807) is 0 Å². The zero-order valence-corrected chi connectivity index (χ0v) is 28.2. The summed E-state index contributed by atoms with van der Waals surface area (Å²) in [6.07, 6.45) is 0.894. The van der Waals surface area contributed by atoms with Crippen LogP contribution in [0, 0.1) is 0 Å². The highest BCUT2D eigenvalue weighted by Crippen LogP contribution is 2.39. The van der Waals surface area contributed by atoms with Crippen LogP contribution < -0.4 is 5.32 Å². The molecular formula is C43H44N2O5. The number of benzene rings is 5. The van der Waals surface area contributed by atoms with Crippen LogP contribution in [0.3, 0.4) is 0 Å². The predicted molar refractivity (Wildman–Crippen MR) is 196 cm³/mol. The van der Waals surface area contributed by atoms with Crippen molar-refractivity contribution in [2.75, 3.05) is 13.2 Å². The number of aliphatic hydroxyl groups excluding tert-OH is 1. The van der Waals surface area contributed by atoms with Crippen molar-refractivity contribution in [3.05, 3.63) is 179 Å². The third-order valence-electron chi connectivity index (χ3n) is 8.84. The van der Waals surface area contributed by atoms with Crippen LogP contribution in [0.15, 0.2) is 146 Å². The smallest absolute Gasteiger partial charge is 0.407 e. The number of amides is 1. The van der Waals surface area contributed by atoms with Crippen LogP contribution in [-0.2, 0) is 40.5 Å². The topological polar surface area (TPSA) is 80.3 Å². The predicted octanol–water partition coefficient (Wildman–Crippen LogP) is 8.51. The van der Waals surface area contributed by atoms with Crippen molar-refractivity contribution in [2.24, 2.45) is 0 Å². The van der Waals surface area contributed by atoms with Gasteiger partial charge in [-0.25, -0.2) is 4.79 Å². The molecule has 0 aromatic heterocycles. The van der Waals surface area contributed by atoms with Gasteiger partial charge in [0.15, 0.2) is 6.29 Å². The van der Waals surface area contributed by atoms with Crippen molar-refractivity contribution in [3.8, 4) is 11.1 Å². The first-order valence-corrected chi connectivity index (χ1v) is 17.1. The van der Waals surface area contributed by atoms with Gasteiger partial charge in [-0.1, -0.05) is 146 Å². The van der Waals surface area contributed by atoms with Gasteiger partial charge in [-0.2, -0.15) is 0 Å². The Balaban J connectivity index is 1.23. The number of hydrogen-bond acceptors (Lipinski definition) is 6. The molecule has 50 heavy (non-hydrogen) atoms. The number of nitrogens with one attached hydrogen (secondary N) is 1. The maximum atomic E-state index is 12.1. The number of rotatable bonds is 14. The summed E-state index contributed by atoms with van der Waals surface area (Å²) in [7, 11) is 0. The van der Waals surface area contributed by atoms with Crippen molar-refractivity contribution in [2.45, 2.75) is 51.2 Å². The lowest BCUT2D eigenvalue weighted by Gasteiger charge is -2.38. The second kappa shape index (κ2) is 17.6. The van der Waals surface area contributed by atoms with Gasteiger partial charge in [0.2, 0.25) is 0 Å². The molecule has 256 valence electrons. The second-order valence-electron chi connectivity index (χ2n) is 12.5. The number of aliphatic hydroxyl groups is 1. The summed E-state index contributed by atoms with van der Waals surface area (Å²) in [5.41, 5.74) is 8.37. The van der Waals surface area contributed by atoms with E-state index in [9.17, 15) is 9.90 Å². The SMILES string of the molecule is C=CCOC(=O)NCc1ccccc1-c1ccc([C@H]2O[C@@H](CN(Cc3ccccc3)Cc3ccccc3)C[C@@H](c3ccc(CO)cc3)O2)cc1. The van der Waals surface area contributed by atoms with Gasteiger partial charge in [0.25, 0.3) is 0 Å². The van der Waals surface area contributed by atoms with Crippen molar-refractivity contribution < 1.29 is 24.1 Å². The molecule has 3 atom stereocenters. The summed E-state index contributed by atoms with van der Waals surface area (Å²) < 4.78 is 18.5. The minimum atomic E-state index is -0.572.